The summed E-state index contributed by atoms with van der Waals surface area (Å²) in [5, 5.41) is 7.92. The largest absolute Gasteiger partial charge is 0.341 e. The van der Waals surface area contributed by atoms with Crippen LogP contribution in [0.5, 0.6) is 0 Å². The van der Waals surface area contributed by atoms with Crippen LogP contribution in [0, 0.1) is 0 Å². The van der Waals surface area contributed by atoms with Crippen molar-refractivity contribution in [2.75, 3.05) is 26.7 Å². The third-order valence-electron chi connectivity index (χ3n) is 2.89. The maximum Gasteiger partial charge on any atom is 0.321 e. The van der Waals surface area contributed by atoms with Crippen LogP contribution >= 0.6 is 0 Å². The van der Waals surface area contributed by atoms with Gasteiger partial charge < -0.3 is 10.6 Å². The second kappa shape index (κ2) is 5.81. The van der Waals surface area contributed by atoms with Crippen LogP contribution in [0.1, 0.15) is 13.8 Å². The van der Waals surface area contributed by atoms with Crippen molar-refractivity contribution in [2.45, 2.75) is 25.9 Å². The van der Waals surface area contributed by atoms with Crippen LogP contribution in [0.25, 0.3) is 0 Å². The van der Waals surface area contributed by atoms with Crippen molar-refractivity contribution < 1.29 is 9.59 Å². The Morgan fingerprint density at radius 3 is 2.75 bits per heavy atom. The molecule has 1 fully saturated rings. The van der Waals surface area contributed by atoms with E-state index in [1.54, 1.807) is 0 Å². The van der Waals surface area contributed by atoms with E-state index in [2.05, 4.69) is 27.8 Å². The van der Waals surface area contributed by atoms with Gasteiger partial charge in [-0.05, 0) is 13.8 Å². The van der Waals surface area contributed by atoms with E-state index < -0.39 is 6.03 Å². The predicted molar refractivity (Wildman–Crippen MR) is 61.1 cm³/mol. The van der Waals surface area contributed by atoms with E-state index >= 15 is 0 Å². The van der Waals surface area contributed by atoms with Gasteiger partial charge in [0, 0.05) is 32.7 Å². The summed E-state index contributed by atoms with van der Waals surface area (Å²) in [7, 11) is 1.49. The average molecular weight is 228 g/mol. The summed E-state index contributed by atoms with van der Waals surface area (Å²) in [6.45, 7) is 6.46. The maximum absolute atomic E-state index is 11.7. The zero-order valence-corrected chi connectivity index (χ0v) is 10.0. The van der Waals surface area contributed by atoms with Crippen LogP contribution < -0.4 is 16.0 Å². The quantitative estimate of drug-likeness (QED) is 0.574. The molecule has 0 spiro atoms. The number of hydrogen-bond acceptors (Lipinski definition) is 4. The summed E-state index contributed by atoms with van der Waals surface area (Å²) < 4.78 is 0. The van der Waals surface area contributed by atoms with Crippen molar-refractivity contribution in [3.8, 4) is 0 Å². The molecular formula is C10H20N4O2. The Labute approximate surface area is 95.8 Å². The van der Waals surface area contributed by atoms with Gasteiger partial charge in [0.05, 0.1) is 6.04 Å². The first-order valence-electron chi connectivity index (χ1n) is 5.55. The Morgan fingerprint density at radius 2 is 2.19 bits per heavy atom. The third kappa shape index (κ3) is 3.18. The summed E-state index contributed by atoms with van der Waals surface area (Å²) in [6.07, 6.45) is 0. The fraction of sp³-hybridized carbons (Fsp3) is 0.800. The van der Waals surface area contributed by atoms with Crippen LogP contribution in [0.3, 0.4) is 0 Å². The van der Waals surface area contributed by atoms with Crippen molar-refractivity contribution in [3.63, 3.8) is 0 Å². The molecule has 6 heteroatoms. The second-order valence-electron chi connectivity index (χ2n) is 4.04. The standard InChI is InChI=1S/C10H20N4O2/c1-7-6-12-4-5-14(7)8(2)9(15)13-10(16)11-3/h7-8,12H,4-6H2,1-3H3,(H2,11,13,15,16). The molecule has 2 unspecified atom stereocenters. The maximum atomic E-state index is 11.7. The fourth-order valence-corrected chi connectivity index (χ4v) is 1.86. The van der Waals surface area contributed by atoms with E-state index in [1.165, 1.54) is 7.05 Å². The summed E-state index contributed by atoms with van der Waals surface area (Å²) in [4.78, 5) is 24.8. The van der Waals surface area contributed by atoms with Gasteiger partial charge in [-0.1, -0.05) is 0 Å². The van der Waals surface area contributed by atoms with E-state index in [1.807, 2.05) is 6.92 Å². The highest BCUT2D eigenvalue weighted by molar-refractivity contribution is 5.96. The summed E-state index contributed by atoms with van der Waals surface area (Å²) in [5.74, 6) is -0.256. The van der Waals surface area contributed by atoms with E-state index in [-0.39, 0.29) is 11.9 Å². The topological polar surface area (TPSA) is 73.5 Å². The van der Waals surface area contributed by atoms with Gasteiger partial charge in [-0.15, -0.1) is 0 Å². The molecule has 3 N–H and O–H groups in total. The number of nitrogens with one attached hydrogen (secondary N) is 3. The smallest absolute Gasteiger partial charge is 0.321 e. The average Bonchev–Trinajstić information content (AvgIpc) is 2.28. The van der Waals surface area contributed by atoms with E-state index in [4.69, 9.17) is 0 Å². The predicted octanol–water partition coefficient (Wildman–Crippen LogP) is -0.876. The molecule has 0 saturated carbocycles. The number of nitrogens with zero attached hydrogens (tertiary/aromatic N) is 1. The monoisotopic (exact) mass is 228 g/mol. The number of amides is 3. The Kier molecular flexibility index (Phi) is 4.70. The molecule has 1 saturated heterocycles. The molecule has 16 heavy (non-hydrogen) atoms. The SMILES string of the molecule is CNC(=O)NC(=O)C(C)N1CCNCC1C. The molecule has 1 aliphatic heterocycles. The van der Waals surface area contributed by atoms with Gasteiger partial charge in [-0.25, -0.2) is 4.79 Å². The molecular weight excluding hydrogens is 208 g/mol. The number of imide groups is 1. The van der Waals surface area contributed by atoms with Crippen molar-refractivity contribution in [3.05, 3.63) is 0 Å². The van der Waals surface area contributed by atoms with Crippen LogP contribution in [0.4, 0.5) is 4.79 Å². The number of carbonyl (C=O) groups excluding carboxylic acids is 2. The molecule has 3 amide bonds. The van der Waals surface area contributed by atoms with E-state index in [0.717, 1.165) is 19.6 Å². The summed E-state index contributed by atoms with van der Waals surface area (Å²) in [5.41, 5.74) is 0. The highest BCUT2D eigenvalue weighted by Gasteiger charge is 2.28. The number of urea groups is 1. The first-order valence-corrected chi connectivity index (χ1v) is 5.55. The molecule has 0 aromatic carbocycles. The normalized spacial score (nSPS) is 23.6. The van der Waals surface area contributed by atoms with Crippen molar-refractivity contribution in [1.82, 2.24) is 20.9 Å². The molecule has 6 nitrogen and oxygen atoms in total. The molecule has 1 heterocycles. The fourth-order valence-electron chi connectivity index (χ4n) is 1.86. The first kappa shape index (κ1) is 12.9. The van der Waals surface area contributed by atoms with Crippen LogP contribution in [0.2, 0.25) is 0 Å². The molecule has 1 aliphatic rings. The molecule has 1 rings (SSSR count). The molecule has 0 bridgehead atoms. The number of carbonyl (C=O) groups is 2. The summed E-state index contributed by atoms with van der Waals surface area (Å²) in [6, 6.07) is -0.437. The van der Waals surface area contributed by atoms with Crippen molar-refractivity contribution in [1.29, 1.82) is 0 Å². The van der Waals surface area contributed by atoms with Crippen LogP contribution in [0.15, 0.2) is 0 Å². The van der Waals surface area contributed by atoms with Gasteiger partial charge in [0.2, 0.25) is 5.91 Å². The minimum Gasteiger partial charge on any atom is -0.341 e. The Hall–Kier alpha value is -1.14. The van der Waals surface area contributed by atoms with Gasteiger partial charge >= 0.3 is 6.03 Å². The lowest BCUT2D eigenvalue weighted by atomic mass is 10.1. The molecule has 0 radical (unpaired) electrons. The highest BCUT2D eigenvalue weighted by atomic mass is 16.2. The third-order valence-corrected chi connectivity index (χ3v) is 2.89. The van der Waals surface area contributed by atoms with Crippen LogP contribution in [-0.4, -0.2) is 55.6 Å². The minimum atomic E-state index is -0.459. The molecule has 92 valence electrons. The molecule has 2 atom stereocenters. The zero-order chi connectivity index (χ0) is 12.1. The zero-order valence-electron chi connectivity index (χ0n) is 10.0. The Bertz CT molecular complexity index is 270. The minimum absolute atomic E-state index is 0.256. The van der Waals surface area contributed by atoms with E-state index in [9.17, 15) is 9.59 Å². The van der Waals surface area contributed by atoms with Gasteiger partial charge in [0.1, 0.15) is 0 Å². The molecule has 0 aliphatic carbocycles. The van der Waals surface area contributed by atoms with Gasteiger partial charge in [-0.3, -0.25) is 15.0 Å². The number of piperazine rings is 1. The summed E-state index contributed by atoms with van der Waals surface area (Å²) >= 11 is 0. The molecule has 0 aromatic heterocycles. The number of hydrogen-bond donors (Lipinski definition) is 3. The van der Waals surface area contributed by atoms with Gasteiger partial charge in [0.25, 0.3) is 0 Å². The van der Waals surface area contributed by atoms with Gasteiger partial charge in [-0.2, -0.15) is 0 Å². The lowest BCUT2D eigenvalue weighted by Gasteiger charge is -2.37. The Balaban J connectivity index is 2.51. The first-order chi connectivity index (χ1) is 7.56. The lowest BCUT2D eigenvalue weighted by Crippen LogP contribution is -2.58. The van der Waals surface area contributed by atoms with E-state index in [0.29, 0.717) is 6.04 Å². The Morgan fingerprint density at radius 1 is 1.50 bits per heavy atom. The van der Waals surface area contributed by atoms with Crippen molar-refractivity contribution >= 4 is 11.9 Å². The molecule has 0 aromatic rings. The second-order valence-corrected chi connectivity index (χ2v) is 4.04. The lowest BCUT2D eigenvalue weighted by molar-refractivity contribution is -0.125. The van der Waals surface area contributed by atoms with Crippen molar-refractivity contribution in [2.24, 2.45) is 0 Å². The highest BCUT2D eigenvalue weighted by Crippen LogP contribution is 2.07. The van der Waals surface area contributed by atoms with Gasteiger partial charge in [0.15, 0.2) is 0 Å². The number of rotatable bonds is 2. The van der Waals surface area contributed by atoms with Crippen LogP contribution in [-0.2, 0) is 4.79 Å².